The summed E-state index contributed by atoms with van der Waals surface area (Å²) in [4.78, 5) is 21.8. The van der Waals surface area contributed by atoms with Crippen LogP contribution in [0.2, 0.25) is 0 Å². The van der Waals surface area contributed by atoms with Crippen LogP contribution in [0.25, 0.3) is 0 Å². The van der Waals surface area contributed by atoms with Crippen LogP contribution in [0.4, 0.5) is 0 Å². The van der Waals surface area contributed by atoms with Crippen molar-refractivity contribution in [3.63, 3.8) is 0 Å². The number of aliphatic hydroxyl groups is 1. The molecule has 88 valence electrons. The molecule has 4 N–H and O–H groups in total. The number of aromatic nitrogens is 3. The average molecular weight is 228 g/mol. The second kappa shape index (κ2) is 5.81. The van der Waals surface area contributed by atoms with Gasteiger partial charge in [0.05, 0.1) is 18.5 Å². The van der Waals surface area contributed by atoms with Crippen LogP contribution in [0, 0.1) is 0 Å². The Morgan fingerprint density at radius 1 is 1.56 bits per heavy atom. The third-order valence-corrected chi connectivity index (χ3v) is 1.89. The minimum Gasteiger partial charge on any atom is -0.480 e. The number of nitrogens with one attached hydrogen (secondary N) is 2. The Balaban J connectivity index is 2.33. The highest BCUT2D eigenvalue weighted by molar-refractivity contribution is 5.83. The predicted octanol–water partition coefficient (Wildman–Crippen LogP) is -1.70. The SMILES string of the molecule is O=C(CCc1cn[nH]n1)N[C@H](CO)C(=O)O. The van der Waals surface area contributed by atoms with Crippen LogP contribution >= 0.6 is 0 Å². The summed E-state index contributed by atoms with van der Waals surface area (Å²) in [6, 6.07) is -1.26. The van der Waals surface area contributed by atoms with Gasteiger partial charge >= 0.3 is 5.97 Å². The summed E-state index contributed by atoms with van der Waals surface area (Å²) < 4.78 is 0. The summed E-state index contributed by atoms with van der Waals surface area (Å²) in [5.74, 6) is -1.72. The second-order valence-corrected chi connectivity index (χ2v) is 3.10. The Hall–Kier alpha value is -1.96. The minimum absolute atomic E-state index is 0.0936. The molecule has 0 aliphatic rings. The number of hydrogen-bond acceptors (Lipinski definition) is 5. The first-order chi connectivity index (χ1) is 7.63. The van der Waals surface area contributed by atoms with E-state index in [1.807, 2.05) is 0 Å². The van der Waals surface area contributed by atoms with E-state index in [2.05, 4.69) is 20.7 Å². The summed E-state index contributed by atoms with van der Waals surface area (Å²) in [7, 11) is 0. The van der Waals surface area contributed by atoms with E-state index in [9.17, 15) is 9.59 Å². The fraction of sp³-hybridized carbons (Fsp3) is 0.500. The topological polar surface area (TPSA) is 128 Å². The maximum Gasteiger partial charge on any atom is 0.328 e. The van der Waals surface area contributed by atoms with Crippen molar-refractivity contribution in [2.75, 3.05) is 6.61 Å². The standard InChI is InChI=1S/C8H12N4O4/c13-4-6(8(15)16)10-7(14)2-1-5-3-9-12-11-5/h3,6,13H,1-2,4H2,(H,10,14)(H,15,16)(H,9,11,12)/t6-/m1/s1. The number of amides is 1. The molecule has 0 saturated carbocycles. The number of aryl methyl sites for hydroxylation is 1. The molecule has 16 heavy (non-hydrogen) atoms. The molecular weight excluding hydrogens is 216 g/mol. The van der Waals surface area contributed by atoms with E-state index < -0.39 is 24.5 Å². The van der Waals surface area contributed by atoms with Gasteiger partial charge < -0.3 is 15.5 Å². The second-order valence-electron chi connectivity index (χ2n) is 3.10. The molecule has 0 aliphatic heterocycles. The third kappa shape index (κ3) is 3.65. The molecule has 0 fully saturated rings. The molecule has 1 atom stereocenters. The zero-order valence-electron chi connectivity index (χ0n) is 8.38. The third-order valence-electron chi connectivity index (χ3n) is 1.89. The lowest BCUT2D eigenvalue weighted by atomic mass is 10.2. The normalized spacial score (nSPS) is 12.1. The summed E-state index contributed by atoms with van der Waals surface area (Å²) >= 11 is 0. The van der Waals surface area contributed by atoms with E-state index in [4.69, 9.17) is 10.2 Å². The number of aromatic amines is 1. The highest BCUT2D eigenvalue weighted by atomic mass is 16.4. The summed E-state index contributed by atoms with van der Waals surface area (Å²) in [6.45, 7) is -0.634. The Morgan fingerprint density at radius 3 is 2.81 bits per heavy atom. The van der Waals surface area contributed by atoms with Gasteiger partial charge in [-0.3, -0.25) is 4.79 Å². The highest BCUT2D eigenvalue weighted by Crippen LogP contribution is 1.96. The van der Waals surface area contributed by atoms with Gasteiger partial charge in [-0.05, 0) is 0 Å². The molecule has 0 bridgehead atoms. The van der Waals surface area contributed by atoms with Gasteiger partial charge in [-0.25, -0.2) is 4.79 Å². The fourth-order valence-electron chi connectivity index (χ4n) is 1.04. The minimum atomic E-state index is -1.27. The Morgan fingerprint density at radius 2 is 2.31 bits per heavy atom. The Bertz CT molecular complexity index is 351. The number of rotatable bonds is 6. The molecule has 1 amide bonds. The van der Waals surface area contributed by atoms with E-state index in [0.29, 0.717) is 12.1 Å². The van der Waals surface area contributed by atoms with Crippen LogP contribution < -0.4 is 5.32 Å². The van der Waals surface area contributed by atoms with Gasteiger partial charge in [0.15, 0.2) is 0 Å². The zero-order valence-corrected chi connectivity index (χ0v) is 8.38. The van der Waals surface area contributed by atoms with Crippen LogP contribution in [0.3, 0.4) is 0 Å². The zero-order chi connectivity index (χ0) is 12.0. The molecular formula is C8H12N4O4. The van der Waals surface area contributed by atoms with Gasteiger partial charge in [0.25, 0.3) is 0 Å². The fourth-order valence-corrected chi connectivity index (χ4v) is 1.04. The predicted molar refractivity (Wildman–Crippen MR) is 51.4 cm³/mol. The van der Waals surface area contributed by atoms with Gasteiger partial charge in [-0.1, -0.05) is 0 Å². The van der Waals surface area contributed by atoms with E-state index >= 15 is 0 Å². The van der Waals surface area contributed by atoms with Crippen molar-refractivity contribution >= 4 is 11.9 Å². The monoisotopic (exact) mass is 228 g/mol. The number of nitrogens with zero attached hydrogens (tertiary/aromatic N) is 2. The van der Waals surface area contributed by atoms with Crippen LogP contribution in [0.15, 0.2) is 6.20 Å². The first-order valence-corrected chi connectivity index (χ1v) is 4.61. The first-order valence-electron chi connectivity index (χ1n) is 4.61. The van der Waals surface area contributed by atoms with Crippen LogP contribution in [0.1, 0.15) is 12.1 Å². The number of hydrogen-bond donors (Lipinski definition) is 4. The van der Waals surface area contributed by atoms with Crippen molar-refractivity contribution in [3.8, 4) is 0 Å². The Kier molecular flexibility index (Phi) is 4.40. The van der Waals surface area contributed by atoms with Crippen molar-refractivity contribution in [1.29, 1.82) is 0 Å². The summed E-state index contributed by atoms with van der Waals surface area (Å²) in [5, 5.41) is 29.1. The molecule has 0 spiro atoms. The van der Waals surface area contributed by atoms with Crippen molar-refractivity contribution in [2.45, 2.75) is 18.9 Å². The van der Waals surface area contributed by atoms with Crippen molar-refractivity contribution in [2.24, 2.45) is 0 Å². The maximum absolute atomic E-state index is 11.3. The van der Waals surface area contributed by atoms with Gasteiger partial charge in [-0.15, -0.1) is 0 Å². The van der Waals surface area contributed by atoms with Crippen LogP contribution in [0.5, 0.6) is 0 Å². The molecule has 8 nitrogen and oxygen atoms in total. The lowest BCUT2D eigenvalue weighted by molar-refractivity contribution is -0.142. The molecule has 0 radical (unpaired) electrons. The molecule has 1 heterocycles. The van der Waals surface area contributed by atoms with Crippen molar-refractivity contribution in [3.05, 3.63) is 11.9 Å². The first kappa shape index (κ1) is 12.1. The number of aliphatic carboxylic acids is 1. The average Bonchev–Trinajstić information content (AvgIpc) is 2.75. The van der Waals surface area contributed by atoms with E-state index in [0.717, 1.165) is 0 Å². The highest BCUT2D eigenvalue weighted by Gasteiger charge is 2.18. The number of aliphatic hydroxyl groups excluding tert-OH is 1. The van der Waals surface area contributed by atoms with Gasteiger partial charge in [0.2, 0.25) is 5.91 Å². The lowest BCUT2D eigenvalue weighted by Gasteiger charge is -2.10. The molecule has 1 rings (SSSR count). The van der Waals surface area contributed by atoms with Crippen molar-refractivity contribution < 1.29 is 19.8 Å². The molecule has 0 unspecified atom stereocenters. The molecule has 0 aliphatic carbocycles. The molecule has 1 aromatic rings. The van der Waals surface area contributed by atoms with E-state index in [1.54, 1.807) is 0 Å². The number of carboxylic acids is 1. The lowest BCUT2D eigenvalue weighted by Crippen LogP contribution is -2.43. The van der Waals surface area contributed by atoms with E-state index in [1.165, 1.54) is 6.20 Å². The largest absolute Gasteiger partial charge is 0.480 e. The van der Waals surface area contributed by atoms with Gasteiger partial charge in [0, 0.05) is 12.8 Å². The summed E-state index contributed by atoms with van der Waals surface area (Å²) in [5.41, 5.74) is 0.617. The van der Waals surface area contributed by atoms with Gasteiger partial charge in [0.1, 0.15) is 6.04 Å². The maximum atomic E-state index is 11.3. The summed E-state index contributed by atoms with van der Waals surface area (Å²) in [6.07, 6.45) is 1.93. The Labute approximate surface area is 90.7 Å². The van der Waals surface area contributed by atoms with E-state index in [-0.39, 0.29) is 6.42 Å². The molecule has 1 aromatic heterocycles. The number of carboxylic acid groups (broad SMARTS) is 1. The van der Waals surface area contributed by atoms with Crippen LogP contribution in [-0.4, -0.2) is 50.1 Å². The van der Waals surface area contributed by atoms with Crippen LogP contribution in [-0.2, 0) is 16.0 Å². The number of H-pyrrole nitrogens is 1. The van der Waals surface area contributed by atoms with Crippen molar-refractivity contribution in [1.82, 2.24) is 20.7 Å². The molecule has 8 heteroatoms. The quantitative estimate of drug-likeness (QED) is 0.459. The molecule has 0 saturated heterocycles. The number of carbonyl (C=O) groups excluding carboxylic acids is 1. The smallest absolute Gasteiger partial charge is 0.328 e. The number of carbonyl (C=O) groups is 2. The van der Waals surface area contributed by atoms with Gasteiger partial charge in [-0.2, -0.15) is 15.4 Å². The molecule has 0 aromatic carbocycles.